The number of carbonyl (C=O) groups is 1. The van der Waals surface area contributed by atoms with Gasteiger partial charge in [0.2, 0.25) is 5.91 Å². The summed E-state index contributed by atoms with van der Waals surface area (Å²) in [6.45, 7) is 2.87. The molecule has 1 heterocycles. The third-order valence-electron chi connectivity index (χ3n) is 3.13. The summed E-state index contributed by atoms with van der Waals surface area (Å²) < 4.78 is 1.75. The third-order valence-corrected chi connectivity index (χ3v) is 3.13. The van der Waals surface area contributed by atoms with E-state index in [9.17, 15) is 4.79 Å². The van der Waals surface area contributed by atoms with Crippen molar-refractivity contribution in [3.8, 4) is 0 Å². The number of benzene rings is 1. The number of aromatic nitrogens is 2. The molecular formula is C15H20N4O. The van der Waals surface area contributed by atoms with E-state index >= 15 is 0 Å². The Bertz CT molecular complexity index is 550. The molecule has 0 aliphatic rings. The average molecular weight is 272 g/mol. The Balaban J connectivity index is 1.72. The summed E-state index contributed by atoms with van der Waals surface area (Å²) in [6, 6.07) is 9.97. The minimum atomic E-state index is -0.00964. The topological polar surface area (TPSA) is 59.0 Å². The summed E-state index contributed by atoms with van der Waals surface area (Å²) in [6.07, 6.45) is 3.75. The van der Waals surface area contributed by atoms with Gasteiger partial charge in [0.15, 0.2) is 0 Å². The molecule has 1 aromatic carbocycles. The Morgan fingerprint density at radius 2 is 2.10 bits per heavy atom. The molecule has 0 spiro atoms. The lowest BCUT2D eigenvalue weighted by atomic mass is 10.2. The van der Waals surface area contributed by atoms with Crippen molar-refractivity contribution >= 4 is 5.91 Å². The van der Waals surface area contributed by atoms with Crippen LogP contribution in [0.2, 0.25) is 0 Å². The minimum Gasteiger partial charge on any atom is -0.351 e. The first-order valence-corrected chi connectivity index (χ1v) is 6.67. The number of amides is 1. The maximum Gasteiger partial charge on any atom is 0.234 e. The number of hydrogen-bond acceptors (Lipinski definition) is 3. The van der Waals surface area contributed by atoms with Crippen molar-refractivity contribution in [3.63, 3.8) is 0 Å². The molecule has 0 fully saturated rings. The van der Waals surface area contributed by atoms with Crippen molar-refractivity contribution in [2.75, 3.05) is 6.54 Å². The van der Waals surface area contributed by atoms with Gasteiger partial charge in [0.05, 0.1) is 12.7 Å². The van der Waals surface area contributed by atoms with Crippen LogP contribution >= 0.6 is 0 Å². The van der Waals surface area contributed by atoms with Gasteiger partial charge in [0, 0.05) is 31.4 Å². The quantitative estimate of drug-likeness (QED) is 0.835. The Kier molecular flexibility index (Phi) is 4.90. The lowest BCUT2D eigenvalue weighted by molar-refractivity contribution is -0.120. The molecule has 2 N–H and O–H groups in total. The second kappa shape index (κ2) is 6.86. The fourth-order valence-corrected chi connectivity index (χ4v) is 1.89. The van der Waals surface area contributed by atoms with Crippen LogP contribution < -0.4 is 10.6 Å². The number of hydrogen-bond donors (Lipinski definition) is 2. The number of nitrogens with zero attached hydrogens (tertiary/aromatic N) is 2. The van der Waals surface area contributed by atoms with Crippen molar-refractivity contribution in [3.05, 3.63) is 53.9 Å². The molecular weight excluding hydrogens is 252 g/mol. The van der Waals surface area contributed by atoms with Crippen LogP contribution in [0.25, 0.3) is 0 Å². The van der Waals surface area contributed by atoms with Crippen LogP contribution in [0.4, 0.5) is 0 Å². The van der Waals surface area contributed by atoms with Gasteiger partial charge in [-0.15, -0.1) is 0 Å². The van der Waals surface area contributed by atoms with E-state index in [0.29, 0.717) is 13.1 Å². The van der Waals surface area contributed by atoms with Gasteiger partial charge in [0.25, 0.3) is 0 Å². The average Bonchev–Trinajstić information content (AvgIpc) is 2.90. The van der Waals surface area contributed by atoms with E-state index in [2.05, 4.69) is 15.7 Å². The molecule has 0 saturated heterocycles. The minimum absolute atomic E-state index is 0.00964. The smallest absolute Gasteiger partial charge is 0.234 e. The standard InChI is InChI=1S/C15H20N4O/c1-12(14-9-18-19(2)11-14)16-10-15(20)17-8-13-6-4-3-5-7-13/h3-7,9,11-12,16H,8,10H2,1-2H3,(H,17,20). The summed E-state index contributed by atoms with van der Waals surface area (Å²) >= 11 is 0. The predicted octanol–water partition coefficient (Wildman–Crippen LogP) is 1.39. The second-order valence-corrected chi connectivity index (χ2v) is 4.81. The summed E-state index contributed by atoms with van der Waals surface area (Å²) in [7, 11) is 1.88. The number of nitrogens with one attached hydrogen (secondary N) is 2. The largest absolute Gasteiger partial charge is 0.351 e. The highest BCUT2D eigenvalue weighted by molar-refractivity contribution is 5.78. The summed E-state index contributed by atoms with van der Waals surface area (Å²) in [5, 5.41) is 10.2. The molecule has 0 aliphatic carbocycles. The van der Waals surface area contributed by atoms with Crippen molar-refractivity contribution in [2.45, 2.75) is 19.5 Å². The molecule has 20 heavy (non-hydrogen) atoms. The van der Waals surface area contributed by atoms with E-state index in [1.807, 2.05) is 50.5 Å². The van der Waals surface area contributed by atoms with Gasteiger partial charge in [-0.2, -0.15) is 5.10 Å². The molecule has 0 bridgehead atoms. The highest BCUT2D eigenvalue weighted by Crippen LogP contribution is 2.09. The van der Waals surface area contributed by atoms with E-state index in [-0.39, 0.29) is 11.9 Å². The number of rotatable bonds is 6. The van der Waals surface area contributed by atoms with Crippen LogP contribution in [0.1, 0.15) is 24.1 Å². The molecule has 5 heteroatoms. The van der Waals surface area contributed by atoms with Gasteiger partial charge in [-0.1, -0.05) is 30.3 Å². The third kappa shape index (κ3) is 4.20. The van der Waals surface area contributed by atoms with Crippen LogP contribution in [-0.2, 0) is 18.4 Å². The van der Waals surface area contributed by atoms with Crippen molar-refractivity contribution in [2.24, 2.45) is 7.05 Å². The fraction of sp³-hybridized carbons (Fsp3) is 0.333. The van der Waals surface area contributed by atoms with Gasteiger partial charge < -0.3 is 10.6 Å². The molecule has 1 atom stereocenters. The molecule has 1 unspecified atom stereocenters. The van der Waals surface area contributed by atoms with E-state index in [0.717, 1.165) is 11.1 Å². The molecule has 2 aromatic rings. The number of aryl methyl sites for hydroxylation is 1. The van der Waals surface area contributed by atoms with Crippen molar-refractivity contribution in [1.82, 2.24) is 20.4 Å². The predicted molar refractivity (Wildman–Crippen MR) is 77.9 cm³/mol. The Morgan fingerprint density at radius 3 is 2.75 bits per heavy atom. The summed E-state index contributed by atoms with van der Waals surface area (Å²) in [5.41, 5.74) is 2.17. The van der Waals surface area contributed by atoms with Crippen LogP contribution in [0, 0.1) is 0 Å². The zero-order valence-corrected chi connectivity index (χ0v) is 11.8. The molecule has 5 nitrogen and oxygen atoms in total. The highest BCUT2D eigenvalue weighted by atomic mass is 16.1. The Morgan fingerprint density at radius 1 is 1.35 bits per heavy atom. The van der Waals surface area contributed by atoms with Gasteiger partial charge in [0.1, 0.15) is 0 Å². The highest BCUT2D eigenvalue weighted by Gasteiger charge is 2.09. The molecule has 0 radical (unpaired) electrons. The van der Waals surface area contributed by atoms with Crippen LogP contribution in [-0.4, -0.2) is 22.2 Å². The van der Waals surface area contributed by atoms with Crippen LogP contribution in [0.5, 0.6) is 0 Å². The lowest BCUT2D eigenvalue weighted by Crippen LogP contribution is -2.34. The van der Waals surface area contributed by atoms with Gasteiger partial charge >= 0.3 is 0 Å². The molecule has 1 aromatic heterocycles. The zero-order chi connectivity index (χ0) is 14.4. The van der Waals surface area contributed by atoms with Crippen molar-refractivity contribution in [1.29, 1.82) is 0 Å². The molecule has 0 saturated carbocycles. The zero-order valence-electron chi connectivity index (χ0n) is 11.8. The van der Waals surface area contributed by atoms with Crippen LogP contribution in [0.3, 0.4) is 0 Å². The van der Waals surface area contributed by atoms with E-state index in [1.54, 1.807) is 10.9 Å². The first-order valence-electron chi connectivity index (χ1n) is 6.67. The maximum atomic E-state index is 11.8. The van der Waals surface area contributed by atoms with E-state index in [4.69, 9.17) is 0 Å². The second-order valence-electron chi connectivity index (χ2n) is 4.81. The SMILES string of the molecule is CC(NCC(=O)NCc1ccccc1)c1cnn(C)c1. The monoisotopic (exact) mass is 272 g/mol. The molecule has 1 amide bonds. The number of carbonyl (C=O) groups excluding carboxylic acids is 1. The lowest BCUT2D eigenvalue weighted by Gasteiger charge is -2.12. The van der Waals surface area contributed by atoms with Gasteiger partial charge in [-0.25, -0.2) is 0 Å². The van der Waals surface area contributed by atoms with Gasteiger partial charge in [-0.3, -0.25) is 9.48 Å². The summed E-state index contributed by atoms with van der Waals surface area (Å²) in [5.74, 6) is -0.00964. The first kappa shape index (κ1) is 14.3. The molecule has 0 aliphatic heterocycles. The van der Waals surface area contributed by atoms with Crippen LogP contribution in [0.15, 0.2) is 42.7 Å². The van der Waals surface area contributed by atoms with E-state index in [1.165, 1.54) is 0 Å². The summed E-state index contributed by atoms with van der Waals surface area (Å²) in [4.78, 5) is 11.8. The Labute approximate surface area is 119 Å². The Hall–Kier alpha value is -2.14. The van der Waals surface area contributed by atoms with Gasteiger partial charge in [-0.05, 0) is 12.5 Å². The van der Waals surface area contributed by atoms with Crippen molar-refractivity contribution < 1.29 is 4.79 Å². The maximum absolute atomic E-state index is 11.8. The van der Waals surface area contributed by atoms with E-state index < -0.39 is 0 Å². The molecule has 106 valence electrons. The first-order chi connectivity index (χ1) is 9.65. The fourth-order valence-electron chi connectivity index (χ4n) is 1.89. The molecule has 2 rings (SSSR count). The normalized spacial score (nSPS) is 12.1.